The van der Waals surface area contributed by atoms with Gasteiger partial charge in [0, 0.05) is 12.5 Å². The molecule has 0 spiro atoms. The molecule has 2 N–H and O–H groups in total. The molecular weight excluding hydrogens is 214 g/mol. The summed E-state index contributed by atoms with van der Waals surface area (Å²) < 4.78 is 5.22. The zero-order valence-corrected chi connectivity index (χ0v) is 10.6. The molecule has 17 heavy (non-hydrogen) atoms. The number of rotatable bonds is 3. The molecule has 1 saturated heterocycles. The van der Waals surface area contributed by atoms with Crippen LogP contribution in [0.5, 0.6) is 5.75 Å². The minimum atomic E-state index is -0.561. The third-order valence-corrected chi connectivity index (χ3v) is 3.69. The van der Waals surface area contributed by atoms with Gasteiger partial charge in [-0.15, -0.1) is 0 Å². The van der Waals surface area contributed by atoms with Crippen molar-refractivity contribution in [1.29, 1.82) is 0 Å². The van der Waals surface area contributed by atoms with Gasteiger partial charge in [-0.05, 0) is 44.0 Å². The fourth-order valence-electron chi connectivity index (χ4n) is 2.42. The van der Waals surface area contributed by atoms with Crippen molar-refractivity contribution >= 4 is 0 Å². The Kier molecular flexibility index (Phi) is 3.69. The zero-order chi connectivity index (χ0) is 12.3. The molecule has 2 atom stereocenters. The van der Waals surface area contributed by atoms with Gasteiger partial charge in [0.2, 0.25) is 0 Å². The zero-order valence-electron chi connectivity index (χ0n) is 10.6. The molecule has 0 radical (unpaired) electrons. The lowest BCUT2D eigenvalue weighted by molar-refractivity contribution is -0.0234. The SMILES string of the molecule is COc1cccc(CC2CNCCC2(C)O)c1. The Labute approximate surface area is 103 Å². The van der Waals surface area contributed by atoms with E-state index in [1.165, 1.54) is 5.56 Å². The van der Waals surface area contributed by atoms with E-state index in [0.29, 0.717) is 0 Å². The predicted molar refractivity (Wildman–Crippen MR) is 68.3 cm³/mol. The van der Waals surface area contributed by atoms with E-state index in [0.717, 1.165) is 31.7 Å². The number of piperidine rings is 1. The van der Waals surface area contributed by atoms with E-state index < -0.39 is 5.60 Å². The Morgan fingerprint density at radius 1 is 1.53 bits per heavy atom. The summed E-state index contributed by atoms with van der Waals surface area (Å²) >= 11 is 0. The minimum absolute atomic E-state index is 0.267. The monoisotopic (exact) mass is 235 g/mol. The van der Waals surface area contributed by atoms with Gasteiger partial charge in [0.05, 0.1) is 12.7 Å². The number of ether oxygens (including phenoxy) is 1. The van der Waals surface area contributed by atoms with Gasteiger partial charge in [0.1, 0.15) is 5.75 Å². The summed E-state index contributed by atoms with van der Waals surface area (Å²) in [6.45, 7) is 3.73. The molecule has 1 aromatic carbocycles. The lowest BCUT2D eigenvalue weighted by Gasteiger charge is -2.37. The predicted octanol–water partition coefficient (Wildman–Crippen LogP) is 1.60. The summed E-state index contributed by atoms with van der Waals surface area (Å²) in [5, 5.41) is 13.7. The average Bonchev–Trinajstić information content (AvgIpc) is 2.32. The van der Waals surface area contributed by atoms with Crippen molar-refractivity contribution < 1.29 is 9.84 Å². The first-order chi connectivity index (χ1) is 8.12. The molecule has 0 bridgehead atoms. The quantitative estimate of drug-likeness (QED) is 0.836. The molecule has 94 valence electrons. The molecule has 3 heteroatoms. The third kappa shape index (κ3) is 2.99. The molecule has 1 heterocycles. The van der Waals surface area contributed by atoms with Crippen LogP contribution < -0.4 is 10.1 Å². The Bertz CT molecular complexity index is 376. The smallest absolute Gasteiger partial charge is 0.119 e. The standard InChI is InChI=1S/C14H21NO2/c1-14(16)6-7-15-10-12(14)8-11-4-3-5-13(9-11)17-2/h3-5,9,12,15-16H,6-8,10H2,1-2H3. The Balaban J connectivity index is 2.08. The maximum absolute atomic E-state index is 10.4. The number of hydrogen-bond acceptors (Lipinski definition) is 3. The molecule has 0 amide bonds. The number of methoxy groups -OCH3 is 1. The molecule has 2 rings (SSSR count). The molecule has 0 saturated carbocycles. The van der Waals surface area contributed by atoms with Crippen LogP contribution in [0.4, 0.5) is 0 Å². The fraction of sp³-hybridized carbons (Fsp3) is 0.571. The van der Waals surface area contributed by atoms with E-state index in [2.05, 4.69) is 11.4 Å². The second-order valence-corrected chi connectivity index (χ2v) is 5.06. The summed E-state index contributed by atoms with van der Waals surface area (Å²) in [7, 11) is 1.68. The molecular formula is C14H21NO2. The van der Waals surface area contributed by atoms with Gasteiger partial charge in [-0.2, -0.15) is 0 Å². The fourth-order valence-corrected chi connectivity index (χ4v) is 2.42. The van der Waals surface area contributed by atoms with Gasteiger partial charge < -0.3 is 15.2 Å². The van der Waals surface area contributed by atoms with Crippen molar-refractivity contribution in [2.75, 3.05) is 20.2 Å². The van der Waals surface area contributed by atoms with Gasteiger partial charge >= 0.3 is 0 Å². The van der Waals surface area contributed by atoms with Crippen LogP contribution in [0.1, 0.15) is 18.9 Å². The van der Waals surface area contributed by atoms with Crippen LogP contribution in [-0.2, 0) is 6.42 Å². The first-order valence-corrected chi connectivity index (χ1v) is 6.18. The normalized spacial score (nSPS) is 29.0. The maximum atomic E-state index is 10.4. The first kappa shape index (κ1) is 12.4. The van der Waals surface area contributed by atoms with Crippen LogP contribution >= 0.6 is 0 Å². The number of aliphatic hydroxyl groups is 1. The minimum Gasteiger partial charge on any atom is -0.497 e. The van der Waals surface area contributed by atoms with Crippen molar-refractivity contribution in [2.45, 2.75) is 25.4 Å². The topological polar surface area (TPSA) is 41.5 Å². The van der Waals surface area contributed by atoms with Crippen molar-refractivity contribution in [3.63, 3.8) is 0 Å². The molecule has 0 aliphatic carbocycles. The van der Waals surface area contributed by atoms with Crippen LogP contribution in [0.25, 0.3) is 0 Å². The highest BCUT2D eigenvalue weighted by Crippen LogP contribution is 2.27. The first-order valence-electron chi connectivity index (χ1n) is 6.18. The van der Waals surface area contributed by atoms with Crippen LogP contribution in [0.3, 0.4) is 0 Å². The largest absolute Gasteiger partial charge is 0.497 e. The highest BCUT2D eigenvalue weighted by Gasteiger charge is 2.34. The second kappa shape index (κ2) is 5.07. The van der Waals surface area contributed by atoms with Crippen LogP contribution in [0.15, 0.2) is 24.3 Å². The Hall–Kier alpha value is -1.06. The van der Waals surface area contributed by atoms with Crippen molar-refractivity contribution in [2.24, 2.45) is 5.92 Å². The molecule has 1 aliphatic heterocycles. The van der Waals surface area contributed by atoms with Crippen molar-refractivity contribution in [3.8, 4) is 5.75 Å². The second-order valence-electron chi connectivity index (χ2n) is 5.06. The summed E-state index contributed by atoms with van der Waals surface area (Å²) in [6.07, 6.45) is 1.71. The van der Waals surface area contributed by atoms with Crippen molar-refractivity contribution in [1.82, 2.24) is 5.32 Å². The highest BCUT2D eigenvalue weighted by atomic mass is 16.5. The van der Waals surface area contributed by atoms with Gasteiger partial charge in [0.25, 0.3) is 0 Å². The van der Waals surface area contributed by atoms with E-state index in [4.69, 9.17) is 4.74 Å². The molecule has 0 aromatic heterocycles. The summed E-state index contributed by atoms with van der Waals surface area (Å²) in [5.41, 5.74) is 0.659. The summed E-state index contributed by atoms with van der Waals surface area (Å²) in [4.78, 5) is 0. The number of nitrogens with one attached hydrogen (secondary N) is 1. The average molecular weight is 235 g/mol. The van der Waals surface area contributed by atoms with Crippen molar-refractivity contribution in [3.05, 3.63) is 29.8 Å². The van der Waals surface area contributed by atoms with Gasteiger partial charge in [0.15, 0.2) is 0 Å². The van der Waals surface area contributed by atoms with E-state index in [1.807, 2.05) is 25.1 Å². The molecule has 1 fully saturated rings. The maximum Gasteiger partial charge on any atom is 0.119 e. The van der Waals surface area contributed by atoms with Gasteiger partial charge in [-0.25, -0.2) is 0 Å². The number of hydrogen-bond donors (Lipinski definition) is 2. The van der Waals surface area contributed by atoms with E-state index in [9.17, 15) is 5.11 Å². The lowest BCUT2D eigenvalue weighted by atomic mass is 9.79. The molecule has 2 unspecified atom stereocenters. The van der Waals surface area contributed by atoms with Crippen LogP contribution in [0, 0.1) is 5.92 Å². The Morgan fingerprint density at radius 2 is 2.35 bits per heavy atom. The van der Waals surface area contributed by atoms with Gasteiger partial charge in [-0.1, -0.05) is 12.1 Å². The van der Waals surface area contributed by atoms with Crippen LogP contribution in [-0.4, -0.2) is 30.9 Å². The molecule has 3 nitrogen and oxygen atoms in total. The molecule has 1 aliphatic rings. The molecule has 1 aromatic rings. The van der Waals surface area contributed by atoms with E-state index >= 15 is 0 Å². The van der Waals surface area contributed by atoms with E-state index in [1.54, 1.807) is 7.11 Å². The third-order valence-electron chi connectivity index (χ3n) is 3.69. The Morgan fingerprint density at radius 3 is 3.06 bits per heavy atom. The van der Waals surface area contributed by atoms with Crippen LogP contribution in [0.2, 0.25) is 0 Å². The number of benzene rings is 1. The summed E-state index contributed by atoms with van der Waals surface area (Å²) in [6, 6.07) is 8.08. The van der Waals surface area contributed by atoms with E-state index in [-0.39, 0.29) is 5.92 Å². The highest BCUT2D eigenvalue weighted by molar-refractivity contribution is 5.29. The lowest BCUT2D eigenvalue weighted by Crippen LogP contribution is -2.49. The summed E-state index contributed by atoms with van der Waals surface area (Å²) in [5.74, 6) is 1.15. The van der Waals surface area contributed by atoms with Gasteiger partial charge in [-0.3, -0.25) is 0 Å².